The van der Waals surface area contributed by atoms with Crippen molar-refractivity contribution in [3.05, 3.63) is 17.4 Å². The number of aromatic nitrogens is 3. The molecular formula is C16H23BClN3O2. The van der Waals surface area contributed by atoms with E-state index in [1.54, 1.807) is 10.9 Å². The van der Waals surface area contributed by atoms with E-state index in [4.69, 9.17) is 20.9 Å². The fourth-order valence-electron chi connectivity index (χ4n) is 2.51. The Labute approximate surface area is 142 Å². The summed E-state index contributed by atoms with van der Waals surface area (Å²) >= 11 is 6.51. The molecule has 3 rings (SSSR count). The standard InChI is InChI=1S/C16H23BClN3O2/c1-14(2,3)21-12(18)11-8-10(9-19-13(11)20-21)17-22-15(4,5)16(6,7)23-17/h8-9H,1-7H3. The van der Waals surface area contributed by atoms with E-state index < -0.39 is 7.12 Å². The second-order valence-corrected chi connectivity index (χ2v) is 8.46. The Kier molecular flexibility index (Phi) is 3.60. The van der Waals surface area contributed by atoms with Gasteiger partial charge < -0.3 is 9.31 Å². The van der Waals surface area contributed by atoms with Crippen LogP contribution in [0.25, 0.3) is 11.0 Å². The lowest BCUT2D eigenvalue weighted by Crippen LogP contribution is -2.41. The highest BCUT2D eigenvalue weighted by molar-refractivity contribution is 6.62. The number of nitrogens with zero attached hydrogens (tertiary/aromatic N) is 3. The molecule has 23 heavy (non-hydrogen) atoms. The van der Waals surface area contributed by atoms with Gasteiger partial charge in [0.2, 0.25) is 0 Å². The molecule has 5 nitrogen and oxygen atoms in total. The molecule has 0 spiro atoms. The van der Waals surface area contributed by atoms with Crippen LogP contribution in [0.2, 0.25) is 5.15 Å². The van der Waals surface area contributed by atoms with Crippen molar-refractivity contribution < 1.29 is 9.31 Å². The zero-order chi connectivity index (χ0) is 17.2. The summed E-state index contributed by atoms with van der Waals surface area (Å²) in [5.74, 6) is 0. The second kappa shape index (κ2) is 4.95. The summed E-state index contributed by atoms with van der Waals surface area (Å²) < 4.78 is 14.0. The Bertz CT molecular complexity index is 749. The SMILES string of the molecule is CC(C)(C)n1nc2ncc(B3OC(C)(C)C(C)(C)O3)cc2c1Cl. The van der Waals surface area contributed by atoms with Gasteiger partial charge in [0.1, 0.15) is 5.15 Å². The average Bonchev–Trinajstić information content (AvgIpc) is 2.84. The van der Waals surface area contributed by atoms with Gasteiger partial charge >= 0.3 is 7.12 Å². The molecule has 124 valence electrons. The van der Waals surface area contributed by atoms with Crippen LogP contribution in [0.3, 0.4) is 0 Å². The van der Waals surface area contributed by atoms with Gasteiger partial charge in [-0.15, -0.1) is 0 Å². The summed E-state index contributed by atoms with van der Waals surface area (Å²) in [7, 11) is -0.453. The first-order valence-corrected chi connectivity index (χ1v) is 8.20. The molecule has 1 saturated heterocycles. The van der Waals surface area contributed by atoms with E-state index in [-0.39, 0.29) is 16.7 Å². The van der Waals surface area contributed by atoms with Crippen LogP contribution in [-0.4, -0.2) is 33.1 Å². The summed E-state index contributed by atoms with van der Waals surface area (Å²) in [4.78, 5) is 4.44. The van der Waals surface area contributed by atoms with E-state index >= 15 is 0 Å². The fourth-order valence-corrected chi connectivity index (χ4v) is 2.94. The third-order valence-electron chi connectivity index (χ3n) is 4.65. The van der Waals surface area contributed by atoms with Gasteiger partial charge in [-0.3, -0.25) is 0 Å². The predicted octanol–water partition coefficient (Wildman–Crippen LogP) is 3.14. The molecule has 0 aliphatic carbocycles. The first kappa shape index (κ1) is 16.7. The van der Waals surface area contributed by atoms with Gasteiger partial charge in [-0.25, -0.2) is 9.67 Å². The molecule has 0 aromatic carbocycles. The van der Waals surface area contributed by atoms with Crippen molar-refractivity contribution in [2.75, 3.05) is 0 Å². The topological polar surface area (TPSA) is 49.2 Å². The van der Waals surface area contributed by atoms with Crippen LogP contribution in [0, 0.1) is 0 Å². The Morgan fingerprint density at radius 3 is 2.22 bits per heavy atom. The van der Waals surface area contributed by atoms with E-state index in [0.717, 1.165) is 10.8 Å². The predicted molar refractivity (Wildman–Crippen MR) is 93.3 cm³/mol. The lowest BCUT2D eigenvalue weighted by atomic mass is 9.80. The maximum Gasteiger partial charge on any atom is 0.496 e. The molecular weight excluding hydrogens is 312 g/mol. The number of halogens is 1. The highest BCUT2D eigenvalue weighted by atomic mass is 35.5. The lowest BCUT2D eigenvalue weighted by Gasteiger charge is -2.32. The first-order chi connectivity index (χ1) is 10.4. The summed E-state index contributed by atoms with van der Waals surface area (Å²) in [5.41, 5.74) is 0.511. The van der Waals surface area contributed by atoms with Crippen LogP contribution in [0.1, 0.15) is 48.5 Å². The average molecular weight is 336 g/mol. The highest BCUT2D eigenvalue weighted by Crippen LogP contribution is 2.36. The Morgan fingerprint density at radius 2 is 1.70 bits per heavy atom. The number of hydrogen-bond acceptors (Lipinski definition) is 4. The zero-order valence-corrected chi connectivity index (χ0v) is 15.5. The largest absolute Gasteiger partial charge is 0.496 e. The van der Waals surface area contributed by atoms with Gasteiger partial charge in [0.15, 0.2) is 5.65 Å². The van der Waals surface area contributed by atoms with Crippen LogP contribution in [0.15, 0.2) is 12.3 Å². The number of hydrogen-bond donors (Lipinski definition) is 0. The molecule has 0 N–H and O–H groups in total. The molecule has 1 fully saturated rings. The zero-order valence-electron chi connectivity index (χ0n) is 14.8. The normalized spacial score (nSPS) is 20.4. The van der Waals surface area contributed by atoms with Gasteiger partial charge in [-0.2, -0.15) is 5.10 Å². The fraction of sp³-hybridized carbons (Fsp3) is 0.625. The second-order valence-electron chi connectivity index (χ2n) is 8.10. The van der Waals surface area contributed by atoms with Crippen LogP contribution in [-0.2, 0) is 14.8 Å². The third-order valence-corrected chi connectivity index (χ3v) is 5.02. The van der Waals surface area contributed by atoms with Gasteiger partial charge in [-0.05, 0) is 54.5 Å². The molecule has 2 aromatic rings. The van der Waals surface area contributed by atoms with E-state index in [9.17, 15) is 0 Å². The van der Waals surface area contributed by atoms with E-state index in [2.05, 4.69) is 30.9 Å². The molecule has 3 heterocycles. The van der Waals surface area contributed by atoms with Crippen LogP contribution in [0.4, 0.5) is 0 Å². The van der Waals surface area contributed by atoms with Crippen molar-refractivity contribution in [2.24, 2.45) is 0 Å². The van der Waals surface area contributed by atoms with Crippen molar-refractivity contribution in [1.29, 1.82) is 0 Å². The molecule has 1 aliphatic rings. The highest BCUT2D eigenvalue weighted by Gasteiger charge is 2.51. The lowest BCUT2D eigenvalue weighted by molar-refractivity contribution is 0.00578. The van der Waals surface area contributed by atoms with Gasteiger partial charge in [0.05, 0.1) is 22.1 Å². The maximum absolute atomic E-state index is 6.51. The first-order valence-electron chi connectivity index (χ1n) is 7.83. The monoisotopic (exact) mass is 335 g/mol. The summed E-state index contributed by atoms with van der Waals surface area (Å²) in [6.07, 6.45) is 1.75. The molecule has 0 unspecified atom stereocenters. The van der Waals surface area contributed by atoms with Crippen molar-refractivity contribution in [1.82, 2.24) is 14.8 Å². The Morgan fingerprint density at radius 1 is 1.13 bits per heavy atom. The van der Waals surface area contributed by atoms with E-state index in [1.165, 1.54) is 0 Å². The Balaban J connectivity index is 2.03. The Hall–Kier alpha value is -1.11. The van der Waals surface area contributed by atoms with Gasteiger partial charge in [0, 0.05) is 11.7 Å². The molecule has 0 amide bonds. The van der Waals surface area contributed by atoms with Crippen LogP contribution < -0.4 is 5.46 Å². The van der Waals surface area contributed by atoms with Crippen molar-refractivity contribution >= 4 is 35.2 Å². The maximum atomic E-state index is 6.51. The van der Waals surface area contributed by atoms with Crippen LogP contribution >= 0.6 is 11.6 Å². The summed E-state index contributed by atoms with van der Waals surface area (Å²) in [6, 6.07) is 1.96. The van der Waals surface area contributed by atoms with E-state index in [1.807, 2.05) is 33.8 Å². The quantitative estimate of drug-likeness (QED) is 0.751. The van der Waals surface area contributed by atoms with E-state index in [0.29, 0.717) is 10.8 Å². The summed E-state index contributed by atoms with van der Waals surface area (Å²) in [5, 5.41) is 5.90. The molecule has 2 aromatic heterocycles. The smallest absolute Gasteiger partial charge is 0.399 e. The molecule has 7 heteroatoms. The van der Waals surface area contributed by atoms with Gasteiger partial charge in [-0.1, -0.05) is 11.6 Å². The molecule has 0 atom stereocenters. The molecule has 0 bridgehead atoms. The molecule has 0 saturated carbocycles. The minimum Gasteiger partial charge on any atom is -0.399 e. The summed E-state index contributed by atoms with van der Waals surface area (Å²) in [6.45, 7) is 14.3. The molecule has 0 radical (unpaired) electrons. The van der Waals surface area contributed by atoms with Gasteiger partial charge in [0.25, 0.3) is 0 Å². The minimum absolute atomic E-state index is 0.206. The van der Waals surface area contributed by atoms with Crippen molar-refractivity contribution in [2.45, 2.75) is 65.2 Å². The van der Waals surface area contributed by atoms with Crippen molar-refractivity contribution in [3.8, 4) is 0 Å². The van der Waals surface area contributed by atoms with Crippen LogP contribution in [0.5, 0.6) is 0 Å². The number of pyridine rings is 1. The minimum atomic E-state index is -0.453. The van der Waals surface area contributed by atoms with Crippen molar-refractivity contribution in [3.63, 3.8) is 0 Å². The molecule has 1 aliphatic heterocycles. The number of rotatable bonds is 1. The number of fused-ring (bicyclic) bond motifs is 1. The third kappa shape index (κ3) is 2.67.